The standard InChI is InChI=1S/C18H19ClN4O3/c1-11-14(21-18(26-11)12-3-2-4-13(19)7-12)9-22-5-6-23-15(10-22)17(25)20-8-16(23)24/h2-4,7,15H,5-6,8-10H2,1H3,(H,20,25)/t15-/m0/s1. The fourth-order valence-corrected chi connectivity index (χ4v) is 3.61. The fourth-order valence-electron chi connectivity index (χ4n) is 3.42. The number of hydrogen-bond donors (Lipinski definition) is 1. The second kappa shape index (κ2) is 6.74. The molecule has 1 aromatic heterocycles. The predicted molar refractivity (Wildman–Crippen MR) is 95.5 cm³/mol. The summed E-state index contributed by atoms with van der Waals surface area (Å²) in [5.41, 5.74) is 1.66. The minimum atomic E-state index is -0.426. The summed E-state index contributed by atoms with van der Waals surface area (Å²) in [5, 5.41) is 3.28. The van der Waals surface area contributed by atoms with Crippen LogP contribution >= 0.6 is 11.6 Å². The molecule has 0 unspecified atom stereocenters. The quantitative estimate of drug-likeness (QED) is 0.879. The number of oxazole rings is 1. The van der Waals surface area contributed by atoms with E-state index in [2.05, 4.69) is 15.2 Å². The minimum Gasteiger partial charge on any atom is -0.441 e. The molecule has 0 bridgehead atoms. The zero-order chi connectivity index (χ0) is 18.3. The number of nitrogens with zero attached hydrogens (tertiary/aromatic N) is 3. The third-order valence-electron chi connectivity index (χ3n) is 4.84. The Labute approximate surface area is 155 Å². The van der Waals surface area contributed by atoms with E-state index in [0.29, 0.717) is 37.1 Å². The van der Waals surface area contributed by atoms with Gasteiger partial charge in [0, 0.05) is 36.8 Å². The van der Waals surface area contributed by atoms with Crippen molar-refractivity contribution in [3.8, 4) is 11.5 Å². The van der Waals surface area contributed by atoms with Gasteiger partial charge in [-0.1, -0.05) is 17.7 Å². The number of piperazine rings is 2. The third-order valence-corrected chi connectivity index (χ3v) is 5.07. The average Bonchev–Trinajstić information content (AvgIpc) is 2.99. The van der Waals surface area contributed by atoms with Crippen LogP contribution in [-0.4, -0.2) is 58.8 Å². The van der Waals surface area contributed by atoms with Crippen LogP contribution in [0.3, 0.4) is 0 Å². The molecule has 3 heterocycles. The number of nitrogens with one attached hydrogen (secondary N) is 1. The lowest BCUT2D eigenvalue weighted by molar-refractivity contribution is -0.149. The maximum atomic E-state index is 12.1. The Kier molecular flexibility index (Phi) is 4.42. The molecule has 1 atom stereocenters. The molecular weight excluding hydrogens is 356 g/mol. The molecule has 0 aliphatic carbocycles. The van der Waals surface area contributed by atoms with E-state index in [4.69, 9.17) is 16.0 Å². The monoisotopic (exact) mass is 374 g/mol. The summed E-state index contributed by atoms with van der Waals surface area (Å²) in [5.74, 6) is 1.16. The Morgan fingerprint density at radius 2 is 2.19 bits per heavy atom. The zero-order valence-corrected chi connectivity index (χ0v) is 15.1. The molecule has 4 rings (SSSR count). The molecular formula is C18H19ClN4O3. The molecule has 2 aliphatic heterocycles. The van der Waals surface area contributed by atoms with E-state index in [1.165, 1.54) is 0 Å². The topological polar surface area (TPSA) is 78.7 Å². The smallest absolute Gasteiger partial charge is 0.244 e. The Hall–Kier alpha value is -2.38. The summed E-state index contributed by atoms with van der Waals surface area (Å²) in [6, 6.07) is 6.95. The normalized spacial score (nSPS) is 20.8. The Balaban J connectivity index is 1.50. The molecule has 0 spiro atoms. The fraction of sp³-hybridized carbons (Fsp3) is 0.389. The first kappa shape index (κ1) is 17.1. The highest BCUT2D eigenvalue weighted by molar-refractivity contribution is 6.30. The van der Waals surface area contributed by atoms with Crippen molar-refractivity contribution in [1.82, 2.24) is 20.1 Å². The van der Waals surface area contributed by atoms with Gasteiger partial charge in [0.2, 0.25) is 17.7 Å². The first-order valence-electron chi connectivity index (χ1n) is 8.53. The van der Waals surface area contributed by atoms with Crippen LogP contribution in [0.4, 0.5) is 0 Å². The van der Waals surface area contributed by atoms with E-state index in [-0.39, 0.29) is 18.4 Å². The number of halogens is 1. The lowest BCUT2D eigenvalue weighted by atomic mass is 10.1. The molecule has 1 aromatic carbocycles. The van der Waals surface area contributed by atoms with Gasteiger partial charge in [0.25, 0.3) is 0 Å². The van der Waals surface area contributed by atoms with Crippen molar-refractivity contribution in [1.29, 1.82) is 0 Å². The van der Waals surface area contributed by atoms with E-state index in [1.807, 2.05) is 25.1 Å². The maximum Gasteiger partial charge on any atom is 0.244 e. The van der Waals surface area contributed by atoms with Crippen LogP contribution in [0.2, 0.25) is 5.02 Å². The molecule has 8 heteroatoms. The van der Waals surface area contributed by atoms with Crippen LogP contribution in [0.1, 0.15) is 11.5 Å². The molecule has 26 heavy (non-hydrogen) atoms. The highest BCUT2D eigenvalue weighted by Crippen LogP contribution is 2.25. The van der Waals surface area contributed by atoms with Gasteiger partial charge in [-0.05, 0) is 25.1 Å². The van der Waals surface area contributed by atoms with Gasteiger partial charge < -0.3 is 14.6 Å². The molecule has 0 saturated carbocycles. The molecule has 136 valence electrons. The number of rotatable bonds is 3. The molecule has 2 fully saturated rings. The highest BCUT2D eigenvalue weighted by atomic mass is 35.5. The Morgan fingerprint density at radius 3 is 3.00 bits per heavy atom. The van der Waals surface area contributed by atoms with Crippen molar-refractivity contribution in [2.24, 2.45) is 0 Å². The third kappa shape index (κ3) is 3.20. The van der Waals surface area contributed by atoms with Crippen LogP contribution in [0.5, 0.6) is 0 Å². The molecule has 1 N–H and O–H groups in total. The first-order chi connectivity index (χ1) is 12.5. The van der Waals surface area contributed by atoms with Gasteiger partial charge in [-0.25, -0.2) is 4.98 Å². The van der Waals surface area contributed by atoms with Crippen LogP contribution < -0.4 is 5.32 Å². The predicted octanol–water partition coefficient (Wildman–Crippen LogP) is 1.45. The van der Waals surface area contributed by atoms with Gasteiger partial charge in [-0.3, -0.25) is 14.5 Å². The lowest BCUT2D eigenvalue weighted by Gasteiger charge is -2.42. The number of aromatic nitrogens is 1. The Morgan fingerprint density at radius 1 is 1.35 bits per heavy atom. The first-order valence-corrected chi connectivity index (χ1v) is 8.91. The van der Waals surface area contributed by atoms with Crippen molar-refractivity contribution < 1.29 is 14.0 Å². The molecule has 2 amide bonds. The van der Waals surface area contributed by atoms with E-state index in [0.717, 1.165) is 17.0 Å². The molecule has 0 radical (unpaired) electrons. The van der Waals surface area contributed by atoms with Crippen molar-refractivity contribution in [2.75, 3.05) is 26.2 Å². The number of benzene rings is 1. The number of amides is 2. The van der Waals surface area contributed by atoms with Crippen LogP contribution in [0, 0.1) is 6.92 Å². The summed E-state index contributed by atoms with van der Waals surface area (Å²) in [7, 11) is 0. The molecule has 7 nitrogen and oxygen atoms in total. The van der Waals surface area contributed by atoms with Crippen molar-refractivity contribution in [3.05, 3.63) is 40.7 Å². The van der Waals surface area contributed by atoms with E-state index < -0.39 is 6.04 Å². The zero-order valence-electron chi connectivity index (χ0n) is 14.4. The average molecular weight is 375 g/mol. The Bertz CT molecular complexity index is 866. The van der Waals surface area contributed by atoms with Crippen molar-refractivity contribution in [3.63, 3.8) is 0 Å². The number of hydrogen-bond acceptors (Lipinski definition) is 5. The van der Waals surface area contributed by atoms with Gasteiger partial charge in [0.15, 0.2) is 0 Å². The lowest BCUT2D eigenvalue weighted by Crippen LogP contribution is -2.65. The van der Waals surface area contributed by atoms with Gasteiger partial charge >= 0.3 is 0 Å². The number of carbonyl (C=O) groups excluding carboxylic acids is 2. The summed E-state index contributed by atoms with van der Waals surface area (Å²) in [6.07, 6.45) is 0. The van der Waals surface area contributed by atoms with Gasteiger partial charge in [-0.2, -0.15) is 0 Å². The van der Waals surface area contributed by atoms with E-state index >= 15 is 0 Å². The highest BCUT2D eigenvalue weighted by Gasteiger charge is 2.38. The van der Waals surface area contributed by atoms with Gasteiger partial charge in [0.1, 0.15) is 11.8 Å². The molecule has 2 aliphatic rings. The summed E-state index contributed by atoms with van der Waals surface area (Å²) >= 11 is 6.04. The van der Waals surface area contributed by atoms with Crippen LogP contribution in [-0.2, 0) is 16.1 Å². The van der Waals surface area contributed by atoms with Crippen LogP contribution in [0.25, 0.3) is 11.5 Å². The largest absolute Gasteiger partial charge is 0.441 e. The van der Waals surface area contributed by atoms with Crippen molar-refractivity contribution >= 4 is 23.4 Å². The van der Waals surface area contributed by atoms with Gasteiger partial charge in [-0.15, -0.1) is 0 Å². The molecule has 2 aromatic rings. The second-order valence-electron chi connectivity index (χ2n) is 6.59. The van der Waals surface area contributed by atoms with Crippen molar-refractivity contribution in [2.45, 2.75) is 19.5 Å². The molecule has 2 saturated heterocycles. The van der Waals surface area contributed by atoms with Gasteiger partial charge in [0.05, 0.1) is 12.2 Å². The maximum absolute atomic E-state index is 12.1. The van der Waals surface area contributed by atoms with Crippen LogP contribution in [0.15, 0.2) is 28.7 Å². The van der Waals surface area contributed by atoms with E-state index in [9.17, 15) is 9.59 Å². The summed E-state index contributed by atoms with van der Waals surface area (Å²) < 4.78 is 5.80. The number of carbonyl (C=O) groups is 2. The van der Waals surface area contributed by atoms with E-state index in [1.54, 1.807) is 11.0 Å². The summed E-state index contributed by atoms with van der Waals surface area (Å²) in [6.45, 7) is 4.30. The SMILES string of the molecule is Cc1oc(-c2cccc(Cl)c2)nc1CN1CCN2C(=O)CNC(=O)[C@@H]2C1. The summed E-state index contributed by atoms with van der Waals surface area (Å²) in [4.78, 5) is 32.4. The minimum absolute atomic E-state index is 0.0184. The number of aryl methyl sites for hydroxylation is 1. The second-order valence-corrected chi connectivity index (χ2v) is 7.02. The number of fused-ring (bicyclic) bond motifs is 1.